The van der Waals surface area contributed by atoms with Gasteiger partial charge >= 0.3 is 6.18 Å². The van der Waals surface area contributed by atoms with Crippen molar-refractivity contribution in [1.82, 2.24) is 10.4 Å². The summed E-state index contributed by atoms with van der Waals surface area (Å²) in [6, 6.07) is 8.18. The highest BCUT2D eigenvalue weighted by Crippen LogP contribution is 2.39. The van der Waals surface area contributed by atoms with E-state index in [1.807, 2.05) is 12.1 Å². The average Bonchev–Trinajstić information content (AvgIpc) is 2.99. The molecule has 0 aliphatic carbocycles. The van der Waals surface area contributed by atoms with Gasteiger partial charge in [0.25, 0.3) is 0 Å². The first-order valence-electron chi connectivity index (χ1n) is 8.68. The van der Waals surface area contributed by atoms with Crippen LogP contribution in [0.25, 0.3) is 10.8 Å². The summed E-state index contributed by atoms with van der Waals surface area (Å²) in [7, 11) is 0. The van der Waals surface area contributed by atoms with Crippen LogP contribution < -0.4 is 10.2 Å². The number of benzene rings is 2. The molecule has 0 spiro atoms. The van der Waals surface area contributed by atoms with Crippen molar-refractivity contribution < 1.29 is 22.7 Å². The summed E-state index contributed by atoms with van der Waals surface area (Å²) in [4.78, 5) is 11.4. The standard InChI is InChI=1S/C19H21F3N2O2/c1-2-3-10-26-16-7-6-13-4-5-14(11-15(13)12-16)18(19(20,21)22)24-9-8-17(25)23-24/h4-7,11-12,18H,2-3,8-10H2,1H3,(H,23,25). The van der Waals surface area contributed by atoms with Gasteiger partial charge in [-0.15, -0.1) is 0 Å². The molecule has 1 fully saturated rings. The van der Waals surface area contributed by atoms with Gasteiger partial charge in [0.2, 0.25) is 5.91 Å². The fourth-order valence-electron chi connectivity index (χ4n) is 3.07. The van der Waals surface area contributed by atoms with Gasteiger partial charge in [-0.1, -0.05) is 31.5 Å². The molecule has 1 amide bonds. The molecule has 0 aromatic heterocycles. The minimum atomic E-state index is -4.50. The van der Waals surface area contributed by atoms with Crippen molar-refractivity contribution in [3.05, 3.63) is 42.0 Å². The summed E-state index contributed by atoms with van der Waals surface area (Å²) in [6.07, 6.45) is -2.51. The molecular weight excluding hydrogens is 345 g/mol. The topological polar surface area (TPSA) is 41.6 Å². The van der Waals surface area contributed by atoms with E-state index in [9.17, 15) is 18.0 Å². The SMILES string of the molecule is CCCCOc1ccc2ccc(C(N3CCC(=O)N3)C(F)(F)F)cc2c1. The first kappa shape index (κ1) is 18.5. The maximum absolute atomic E-state index is 13.7. The second-order valence-electron chi connectivity index (χ2n) is 6.39. The number of alkyl halides is 3. The molecule has 1 N–H and O–H groups in total. The lowest BCUT2D eigenvalue weighted by molar-refractivity contribution is -0.191. The van der Waals surface area contributed by atoms with Crippen molar-refractivity contribution >= 4 is 16.7 Å². The van der Waals surface area contributed by atoms with Gasteiger partial charge in [0.1, 0.15) is 11.8 Å². The molecular formula is C19H21F3N2O2. The minimum absolute atomic E-state index is 0.0290. The van der Waals surface area contributed by atoms with Crippen LogP contribution in [0.4, 0.5) is 13.2 Å². The molecule has 1 heterocycles. The Morgan fingerprint density at radius 1 is 1.19 bits per heavy atom. The van der Waals surface area contributed by atoms with E-state index in [2.05, 4.69) is 12.3 Å². The van der Waals surface area contributed by atoms with Crippen LogP contribution in [0.1, 0.15) is 37.8 Å². The van der Waals surface area contributed by atoms with Gasteiger partial charge in [-0.2, -0.15) is 13.2 Å². The van der Waals surface area contributed by atoms with E-state index in [-0.39, 0.29) is 18.5 Å². The Hall–Kier alpha value is -2.28. The van der Waals surface area contributed by atoms with E-state index in [4.69, 9.17) is 4.74 Å². The number of ether oxygens (including phenoxy) is 1. The Labute approximate surface area is 149 Å². The number of carbonyl (C=O) groups is 1. The van der Waals surface area contributed by atoms with E-state index < -0.39 is 18.1 Å². The van der Waals surface area contributed by atoms with Gasteiger partial charge in [0.05, 0.1) is 6.61 Å². The molecule has 0 saturated carbocycles. The molecule has 4 nitrogen and oxygen atoms in total. The summed E-state index contributed by atoms with van der Waals surface area (Å²) in [5.41, 5.74) is 2.40. The predicted octanol–water partition coefficient (Wildman–Crippen LogP) is 4.36. The van der Waals surface area contributed by atoms with Crippen molar-refractivity contribution in [1.29, 1.82) is 0 Å². The summed E-state index contributed by atoms with van der Waals surface area (Å²) in [5, 5.41) is 2.48. The lowest BCUT2D eigenvalue weighted by Crippen LogP contribution is -2.43. The van der Waals surface area contributed by atoms with Crippen LogP contribution in [-0.4, -0.2) is 30.2 Å². The molecule has 0 bridgehead atoms. The number of nitrogens with one attached hydrogen (secondary N) is 1. The van der Waals surface area contributed by atoms with E-state index >= 15 is 0 Å². The second kappa shape index (κ2) is 7.53. The number of amides is 1. The van der Waals surface area contributed by atoms with Crippen molar-refractivity contribution in [3.8, 4) is 5.75 Å². The molecule has 1 unspecified atom stereocenters. The zero-order chi connectivity index (χ0) is 18.7. The molecule has 1 saturated heterocycles. The molecule has 26 heavy (non-hydrogen) atoms. The van der Waals surface area contributed by atoms with Crippen LogP contribution in [-0.2, 0) is 4.79 Å². The third kappa shape index (κ3) is 4.09. The molecule has 1 aliphatic rings. The van der Waals surface area contributed by atoms with Gasteiger partial charge in [0, 0.05) is 13.0 Å². The number of fused-ring (bicyclic) bond motifs is 1. The smallest absolute Gasteiger partial charge is 0.409 e. The highest BCUT2D eigenvalue weighted by Gasteiger charge is 2.46. The Bertz CT molecular complexity index is 792. The third-order valence-electron chi connectivity index (χ3n) is 4.39. The van der Waals surface area contributed by atoms with E-state index in [1.54, 1.807) is 12.1 Å². The minimum Gasteiger partial charge on any atom is -0.494 e. The van der Waals surface area contributed by atoms with E-state index in [0.717, 1.165) is 23.2 Å². The summed E-state index contributed by atoms with van der Waals surface area (Å²) in [5.74, 6) is 0.243. The maximum atomic E-state index is 13.7. The molecule has 1 aliphatic heterocycles. The Balaban J connectivity index is 1.92. The molecule has 0 radical (unpaired) electrons. The summed E-state index contributed by atoms with van der Waals surface area (Å²) < 4.78 is 46.6. The second-order valence-corrected chi connectivity index (χ2v) is 6.39. The van der Waals surface area contributed by atoms with Crippen molar-refractivity contribution in [3.63, 3.8) is 0 Å². The normalized spacial score (nSPS) is 16.7. The Kier molecular flexibility index (Phi) is 5.36. The van der Waals surface area contributed by atoms with Crippen LogP contribution in [0.5, 0.6) is 5.75 Å². The number of hydrogen-bond acceptors (Lipinski definition) is 3. The van der Waals surface area contributed by atoms with Crippen LogP contribution in [0.3, 0.4) is 0 Å². The van der Waals surface area contributed by atoms with Crippen LogP contribution in [0.2, 0.25) is 0 Å². The number of hydrogen-bond donors (Lipinski definition) is 1. The fourth-order valence-corrected chi connectivity index (χ4v) is 3.07. The van der Waals surface area contributed by atoms with Crippen molar-refractivity contribution in [2.75, 3.05) is 13.2 Å². The van der Waals surface area contributed by atoms with Crippen LogP contribution >= 0.6 is 0 Å². The number of rotatable bonds is 6. The van der Waals surface area contributed by atoms with E-state index in [1.165, 1.54) is 12.1 Å². The zero-order valence-corrected chi connectivity index (χ0v) is 14.5. The number of unbranched alkanes of at least 4 members (excludes halogenated alkanes) is 1. The van der Waals surface area contributed by atoms with Gasteiger partial charge < -0.3 is 4.74 Å². The largest absolute Gasteiger partial charge is 0.494 e. The third-order valence-corrected chi connectivity index (χ3v) is 4.39. The lowest BCUT2D eigenvalue weighted by Gasteiger charge is -2.29. The monoisotopic (exact) mass is 366 g/mol. The Morgan fingerprint density at radius 3 is 2.62 bits per heavy atom. The van der Waals surface area contributed by atoms with Crippen LogP contribution in [0.15, 0.2) is 36.4 Å². The van der Waals surface area contributed by atoms with Crippen molar-refractivity contribution in [2.24, 2.45) is 0 Å². The average molecular weight is 366 g/mol. The highest BCUT2D eigenvalue weighted by atomic mass is 19.4. The van der Waals surface area contributed by atoms with Crippen molar-refractivity contribution in [2.45, 2.75) is 38.4 Å². The number of carbonyl (C=O) groups excluding carboxylic acids is 1. The number of hydrazine groups is 1. The number of nitrogens with zero attached hydrogens (tertiary/aromatic N) is 1. The molecule has 2 aromatic carbocycles. The fraction of sp³-hybridized carbons (Fsp3) is 0.421. The lowest BCUT2D eigenvalue weighted by atomic mass is 10.0. The zero-order valence-electron chi connectivity index (χ0n) is 14.5. The quantitative estimate of drug-likeness (QED) is 0.773. The van der Waals surface area contributed by atoms with E-state index in [0.29, 0.717) is 17.7 Å². The molecule has 1 atom stereocenters. The number of halogens is 3. The Morgan fingerprint density at radius 2 is 1.96 bits per heavy atom. The maximum Gasteiger partial charge on any atom is 0.409 e. The van der Waals surface area contributed by atoms with Gasteiger partial charge in [-0.3, -0.25) is 10.2 Å². The predicted molar refractivity (Wildman–Crippen MR) is 92.6 cm³/mol. The molecule has 2 aromatic rings. The summed E-state index contributed by atoms with van der Waals surface area (Å²) >= 11 is 0. The van der Waals surface area contributed by atoms with Gasteiger partial charge in [-0.05, 0) is 41.0 Å². The first-order chi connectivity index (χ1) is 12.4. The van der Waals surface area contributed by atoms with Gasteiger partial charge in [0.15, 0.2) is 0 Å². The first-order valence-corrected chi connectivity index (χ1v) is 8.68. The molecule has 7 heteroatoms. The highest BCUT2D eigenvalue weighted by molar-refractivity contribution is 5.84. The molecule has 3 rings (SSSR count). The van der Waals surface area contributed by atoms with Gasteiger partial charge in [-0.25, -0.2) is 5.01 Å². The summed E-state index contributed by atoms with van der Waals surface area (Å²) in [6.45, 7) is 2.67. The molecule has 140 valence electrons. The van der Waals surface area contributed by atoms with Crippen LogP contribution in [0, 0.1) is 0 Å².